The van der Waals surface area contributed by atoms with Crippen LogP contribution < -0.4 is 5.32 Å². The molecule has 1 aromatic carbocycles. The van der Waals surface area contributed by atoms with E-state index in [0.29, 0.717) is 19.0 Å². The Morgan fingerprint density at radius 2 is 1.67 bits per heavy atom. The molecule has 1 N–H and O–H groups in total. The molecule has 0 unspecified atom stereocenters. The number of nitrogens with zero attached hydrogens (tertiary/aromatic N) is 3. The molecule has 3 amide bonds. The third-order valence-electron chi connectivity index (χ3n) is 6.71. The molecule has 27 heavy (non-hydrogen) atoms. The van der Waals surface area contributed by atoms with Gasteiger partial charge in [-0.3, -0.25) is 4.79 Å². The Labute approximate surface area is 161 Å². The number of benzene rings is 1. The molecule has 0 radical (unpaired) electrons. The van der Waals surface area contributed by atoms with Crippen molar-refractivity contribution in [3.63, 3.8) is 0 Å². The molecular formula is C21H30N4O2. The minimum atomic E-state index is -0.319. The van der Waals surface area contributed by atoms with Gasteiger partial charge in [0.25, 0.3) is 0 Å². The number of rotatable bonds is 2. The van der Waals surface area contributed by atoms with Crippen molar-refractivity contribution in [1.29, 1.82) is 0 Å². The van der Waals surface area contributed by atoms with Crippen molar-refractivity contribution < 1.29 is 9.59 Å². The van der Waals surface area contributed by atoms with Crippen molar-refractivity contribution >= 4 is 17.6 Å². The SMILES string of the molecule is CN1CC[C@@]2(C(=O)N3CCCC3)CCN(C(=O)Nc3ccccc3)CC[C@@H]12. The number of para-hydroxylation sites is 1. The highest BCUT2D eigenvalue weighted by Crippen LogP contribution is 2.45. The van der Waals surface area contributed by atoms with Crippen LogP contribution >= 0.6 is 0 Å². The summed E-state index contributed by atoms with van der Waals surface area (Å²) in [6.45, 7) is 4.11. The molecule has 0 aliphatic carbocycles. The van der Waals surface area contributed by atoms with Crippen LogP contribution in [0.15, 0.2) is 30.3 Å². The number of carbonyl (C=O) groups is 2. The molecule has 3 fully saturated rings. The first-order chi connectivity index (χ1) is 13.1. The third kappa shape index (κ3) is 3.43. The van der Waals surface area contributed by atoms with Crippen LogP contribution in [0.3, 0.4) is 0 Å². The highest BCUT2D eigenvalue weighted by molar-refractivity contribution is 5.89. The lowest BCUT2D eigenvalue weighted by atomic mass is 9.75. The van der Waals surface area contributed by atoms with E-state index in [9.17, 15) is 9.59 Å². The molecule has 6 nitrogen and oxygen atoms in total. The molecule has 0 bridgehead atoms. The Hall–Kier alpha value is -2.08. The number of fused-ring (bicyclic) bond motifs is 1. The molecule has 4 rings (SSSR count). The first-order valence-corrected chi connectivity index (χ1v) is 10.2. The molecule has 146 valence electrons. The Kier molecular flexibility index (Phi) is 5.08. The van der Waals surface area contributed by atoms with Gasteiger partial charge in [-0.25, -0.2) is 4.79 Å². The van der Waals surface area contributed by atoms with Gasteiger partial charge in [0, 0.05) is 37.9 Å². The van der Waals surface area contributed by atoms with Crippen molar-refractivity contribution in [1.82, 2.24) is 14.7 Å². The van der Waals surface area contributed by atoms with E-state index in [1.54, 1.807) is 0 Å². The van der Waals surface area contributed by atoms with E-state index < -0.39 is 0 Å². The maximum Gasteiger partial charge on any atom is 0.321 e. The second kappa shape index (κ2) is 7.50. The summed E-state index contributed by atoms with van der Waals surface area (Å²) in [4.78, 5) is 32.5. The van der Waals surface area contributed by atoms with Gasteiger partial charge in [0.1, 0.15) is 0 Å². The van der Waals surface area contributed by atoms with Crippen molar-refractivity contribution in [2.24, 2.45) is 5.41 Å². The topological polar surface area (TPSA) is 55.9 Å². The van der Waals surface area contributed by atoms with Gasteiger partial charge in [0.05, 0.1) is 5.41 Å². The van der Waals surface area contributed by atoms with Crippen LogP contribution in [-0.2, 0) is 4.79 Å². The molecule has 3 aliphatic rings. The number of amides is 3. The molecule has 1 aromatic rings. The number of hydrogen-bond acceptors (Lipinski definition) is 3. The van der Waals surface area contributed by atoms with Crippen LogP contribution in [0.2, 0.25) is 0 Å². The fourth-order valence-electron chi connectivity index (χ4n) is 5.15. The van der Waals surface area contributed by atoms with E-state index in [4.69, 9.17) is 0 Å². The zero-order valence-electron chi connectivity index (χ0n) is 16.2. The van der Waals surface area contributed by atoms with Gasteiger partial charge in [0.15, 0.2) is 0 Å². The van der Waals surface area contributed by atoms with Crippen LogP contribution in [0.25, 0.3) is 0 Å². The number of urea groups is 1. The highest BCUT2D eigenvalue weighted by atomic mass is 16.2. The molecule has 0 aromatic heterocycles. The normalized spacial score (nSPS) is 28.7. The Balaban J connectivity index is 1.49. The molecule has 2 atom stereocenters. The number of hydrogen-bond donors (Lipinski definition) is 1. The van der Waals surface area contributed by atoms with E-state index in [1.165, 1.54) is 0 Å². The highest BCUT2D eigenvalue weighted by Gasteiger charge is 2.54. The van der Waals surface area contributed by atoms with E-state index in [2.05, 4.69) is 22.2 Å². The van der Waals surface area contributed by atoms with Gasteiger partial charge < -0.3 is 20.0 Å². The molecule has 0 saturated carbocycles. The summed E-state index contributed by atoms with van der Waals surface area (Å²) in [6.07, 6.45) is 4.78. The Morgan fingerprint density at radius 1 is 0.963 bits per heavy atom. The summed E-state index contributed by atoms with van der Waals surface area (Å²) in [5, 5.41) is 2.99. The van der Waals surface area contributed by atoms with Crippen LogP contribution in [0, 0.1) is 5.41 Å². The minimum absolute atomic E-state index is 0.0624. The maximum absolute atomic E-state index is 13.4. The summed E-state index contributed by atoms with van der Waals surface area (Å²) in [7, 11) is 2.13. The first-order valence-electron chi connectivity index (χ1n) is 10.2. The van der Waals surface area contributed by atoms with E-state index in [1.807, 2.05) is 35.2 Å². The zero-order valence-corrected chi connectivity index (χ0v) is 16.2. The van der Waals surface area contributed by atoms with Crippen molar-refractivity contribution in [2.45, 2.75) is 38.1 Å². The molecule has 3 saturated heterocycles. The largest absolute Gasteiger partial charge is 0.342 e. The lowest BCUT2D eigenvalue weighted by molar-refractivity contribution is -0.142. The van der Waals surface area contributed by atoms with Crippen molar-refractivity contribution in [3.05, 3.63) is 30.3 Å². The van der Waals surface area contributed by atoms with Gasteiger partial charge in [-0.2, -0.15) is 0 Å². The second-order valence-electron chi connectivity index (χ2n) is 8.22. The number of likely N-dealkylation sites (tertiary alicyclic amines) is 3. The number of nitrogens with one attached hydrogen (secondary N) is 1. The van der Waals surface area contributed by atoms with Crippen molar-refractivity contribution in [2.75, 3.05) is 45.1 Å². The Morgan fingerprint density at radius 3 is 2.41 bits per heavy atom. The number of anilines is 1. The van der Waals surface area contributed by atoms with E-state index >= 15 is 0 Å². The summed E-state index contributed by atoms with van der Waals surface area (Å²) in [5.74, 6) is 0.333. The standard InChI is InChI=1S/C21H30N4O2/c1-23-15-10-21(19(26)24-12-5-6-13-24)11-16-25(14-9-18(21)23)20(27)22-17-7-3-2-4-8-17/h2-4,7-8,18H,5-6,9-16H2,1H3,(H,22,27)/t18-,21-/m1/s1. The lowest BCUT2D eigenvalue weighted by Crippen LogP contribution is -2.49. The lowest BCUT2D eigenvalue weighted by Gasteiger charge is -2.37. The van der Waals surface area contributed by atoms with E-state index in [0.717, 1.165) is 57.4 Å². The molecular weight excluding hydrogens is 340 g/mol. The van der Waals surface area contributed by atoms with Crippen LogP contribution in [-0.4, -0.2) is 72.5 Å². The van der Waals surface area contributed by atoms with Gasteiger partial charge in [0.2, 0.25) is 5.91 Å². The van der Waals surface area contributed by atoms with Gasteiger partial charge in [-0.1, -0.05) is 18.2 Å². The van der Waals surface area contributed by atoms with E-state index in [-0.39, 0.29) is 17.5 Å². The Bertz CT molecular complexity index is 689. The van der Waals surface area contributed by atoms with Gasteiger partial charge in [-0.15, -0.1) is 0 Å². The van der Waals surface area contributed by atoms with Crippen LogP contribution in [0.4, 0.5) is 10.5 Å². The fraction of sp³-hybridized carbons (Fsp3) is 0.619. The van der Waals surface area contributed by atoms with Crippen molar-refractivity contribution in [3.8, 4) is 0 Å². The maximum atomic E-state index is 13.4. The summed E-state index contributed by atoms with van der Waals surface area (Å²) < 4.78 is 0. The molecule has 6 heteroatoms. The first kappa shape index (κ1) is 18.3. The quantitative estimate of drug-likeness (QED) is 0.871. The predicted molar refractivity (Wildman–Crippen MR) is 106 cm³/mol. The van der Waals surface area contributed by atoms with Crippen LogP contribution in [0.5, 0.6) is 0 Å². The summed E-state index contributed by atoms with van der Waals surface area (Å²) in [6, 6.07) is 9.75. The summed E-state index contributed by atoms with van der Waals surface area (Å²) in [5.41, 5.74) is 0.493. The predicted octanol–water partition coefficient (Wildman–Crippen LogP) is 2.63. The third-order valence-corrected chi connectivity index (χ3v) is 6.71. The second-order valence-corrected chi connectivity index (χ2v) is 8.22. The van der Waals surface area contributed by atoms with Gasteiger partial charge >= 0.3 is 6.03 Å². The molecule has 3 aliphatic heterocycles. The molecule has 0 spiro atoms. The smallest absolute Gasteiger partial charge is 0.321 e. The molecule has 3 heterocycles. The zero-order chi connectivity index (χ0) is 18.9. The monoisotopic (exact) mass is 370 g/mol. The minimum Gasteiger partial charge on any atom is -0.342 e. The van der Waals surface area contributed by atoms with Crippen LogP contribution in [0.1, 0.15) is 32.1 Å². The van der Waals surface area contributed by atoms with Gasteiger partial charge in [-0.05, 0) is 57.8 Å². The fourth-order valence-corrected chi connectivity index (χ4v) is 5.15. The average Bonchev–Trinajstić information content (AvgIpc) is 3.27. The summed E-state index contributed by atoms with van der Waals surface area (Å²) >= 11 is 0. The number of carbonyl (C=O) groups excluding carboxylic acids is 2. The average molecular weight is 370 g/mol.